The van der Waals surface area contributed by atoms with Gasteiger partial charge in [0.15, 0.2) is 12.4 Å². The molecule has 21 heavy (non-hydrogen) atoms. The van der Waals surface area contributed by atoms with Crippen LogP contribution in [0, 0.1) is 0 Å². The van der Waals surface area contributed by atoms with Crippen molar-refractivity contribution >= 4 is 23.1 Å². The number of rotatable bonds is 6. The molecule has 3 N–H and O–H groups in total. The van der Waals surface area contributed by atoms with Gasteiger partial charge in [-0.2, -0.15) is 0 Å². The molecule has 0 atom stereocenters. The van der Waals surface area contributed by atoms with Gasteiger partial charge in [0.2, 0.25) is 0 Å². The quantitative estimate of drug-likeness (QED) is 0.737. The van der Waals surface area contributed by atoms with E-state index < -0.39 is 0 Å². The van der Waals surface area contributed by atoms with Gasteiger partial charge < -0.3 is 20.4 Å². The van der Waals surface area contributed by atoms with Crippen LogP contribution >= 0.6 is 12.2 Å². The van der Waals surface area contributed by atoms with E-state index in [2.05, 4.69) is 15.5 Å². The van der Waals surface area contributed by atoms with E-state index in [0.717, 1.165) is 5.56 Å². The normalized spacial score (nSPS) is 10.1. The highest BCUT2D eigenvalue weighted by Crippen LogP contribution is 2.11. The van der Waals surface area contributed by atoms with Crippen molar-refractivity contribution in [3.8, 4) is 5.75 Å². The van der Waals surface area contributed by atoms with Gasteiger partial charge in [0.25, 0.3) is 5.91 Å². The van der Waals surface area contributed by atoms with Crippen molar-refractivity contribution in [1.29, 1.82) is 0 Å². The fourth-order valence-corrected chi connectivity index (χ4v) is 1.70. The summed E-state index contributed by atoms with van der Waals surface area (Å²) in [5, 5.41) is 10.3. The summed E-state index contributed by atoms with van der Waals surface area (Å²) >= 11 is 4.86. The Balaban J connectivity index is 1.78. The number of ether oxygens (including phenoxy) is 1. The average Bonchev–Trinajstić information content (AvgIpc) is 2.88. The molecule has 0 saturated heterocycles. The molecule has 8 heteroatoms. The highest BCUT2D eigenvalue weighted by Gasteiger charge is 2.06. The number of carbonyl (C=O) groups excluding carboxylic acids is 1. The third-order valence-corrected chi connectivity index (χ3v) is 2.99. The lowest BCUT2D eigenvalue weighted by Crippen LogP contribution is -2.29. The van der Waals surface area contributed by atoms with Crippen LogP contribution in [0.1, 0.15) is 11.4 Å². The molecule has 1 heterocycles. The van der Waals surface area contributed by atoms with Gasteiger partial charge in [0.1, 0.15) is 17.1 Å². The van der Waals surface area contributed by atoms with Gasteiger partial charge in [-0.1, -0.05) is 12.2 Å². The van der Waals surface area contributed by atoms with Gasteiger partial charge in [-0.3, -0.25) is 4.79 Å². The maximum absolute atomic E-state index is 11.7. The zero-order chi connectivity index (χ0) is 15.2. The van der Waals surface area contributed by atoms with Gasteiger partial charge in [0, 0.05) is 12.6 Å². The summed E-state index contributed by atoms with van der Waals surface area (Å²) in [5.41, 5.74) is 6.25. The number of nitrogens with one attached hydrogen (secondary N) is 1. The van der Waals surface area contributed by atoms with E-state index in [4.69, 9.17) is 22.7 Å². The Hall–Kier alpha value is -2.48. The number of nitrogens with two attached hydrogens (primary N) is 1. The second kappa shape index (κ2) is 6.80. The van der Waals surface area contributed by atoms with E-state index in [9.17, 15) is 4.79 Å². The largest absolute Gasteiger partial charge is 0.484 e. The van der Waals surface area contributed by atoms with Crippen LogP contribution in [0.5, 0.6) is 5.75 Å². The van der Waals surface area contributed by atoms with E-state index >= 15 is 0 Å². The number of hydrogen-bond donors (Lipinski definition) is 2. The number of nitrogens with zero attached hydrogens (tertiary/aromatic N) is 3. The molecule has 0 unspecified atom stereocenters. The second-order valence-corrected chi connectivity index (χ2v) is 4.75. The van der Waals surface area contributed by atoms with E-state index in [1.807, 2.05) is 0 Å². The molecule has 0 radical (unpaired) electrons. The molecule has 7 nitrogen and oxygen atoms in total. The van der Waals surface area contributed by atoms with E-state index in [0.29, 0.717) is 23.1 Å². The molecular weight excluding hydrogens is 290 g/mol. The Kier molecular flexibility index (Phi) is 4.83. The van der Waals surface area contributed by atoms with Crippen LogP contribution in [-0.4, -0.2) is 32.3 Å². The Bertz CT molecular complexity index is 638. The molecule has 0 aliphatic heterocycles. The summed E-state index contributed by atoms with van der Waals surface area (Å²) in [7, 11) is 1.81. The Morgan fingerprint density at radius 2 is 2.14 bits per heavy atom. The first kappa shape index (κ1) is 14.9. The van der Waals surface area contributed by atoms with Crippen LogP contribution in [0.4, 0.5) is 0 Å². The number of aryl methyl sites for hydroxylation is 1. The van der Waals surface area contributed by atoms with Gasteiger partial charge in [0.05, 0.1) is 6.54 Å². The first-order valence-corrected chi connectivity index (χ1v) is 6.59. The molecule has 110 valence electrons. The van der Waals surface area contributed by atoms with Crippen LogP contribution in [0.3, 0.4) is 0 Å². The van der Waals surface area contributed by atoms with Crippen molar-refractivity contribution < 1.29 is 9.53 Å². The molecule has 0 bridgehead atoms. The van der Waals surface area contributed by atoms with E-state index in [1.165, 1.54) is 0 Å². The maximum Gasteiger partial charge on any atom is 0.258 e. The molecular formula is C13H15N5O2S. The fraction of sp³-hybridized carbons (Fsp3) is 0.231. The standard InChI is InChI=1S/C13H15N5O2S/c1-18-8-16-17-11(18)6-15-12(19)7-20-10-4-2-9(3-5-10)13(14)21/h2-5,8H,6-7H2,1H3,(H2,14,21)(H,15,19). The van der Waals surface area contributed by atoms with Gasteiger partial charge in [-0.05, 0) is 24.3 Å². The Labute approximate surface area is 127 Å². The minimum absolute atomic E-state index is 0.0791. The molecule has 2 rings (SSSR count). The number of hydrogen-bond acceptors (Lipinski definition) is 5. The molecule has 1 aromatic carbocycles. The molecule has 0 aliphatic rings. The molecule has 0 saturated carbocycles. The summed E-state index contributed by atoms with van der Waals surface area (Å²) in [4.78, 5) is 12.0. The first-order valence-electron chi connectivity index (χ1n) is 6.18. The topological polar surface area (TPSA) is 95.1 Å². The fourth-order valence-electron chi connectivity index (χ4n) is 1.56. The third-order valence-electron chi connectivity index (χ3n) is 2.76. The lowest BCUT2D eigenvalue weighted by molar-refractivity contribution is -0.123. The maximum atomic E-state index is 11.7. The van der Waals surface area contributed by atoms with Crippen molar-refractivity contribution in [2.45, 2.75) is 6.54 Å². The van der Waals surface area contributed by atoms with Gasteiger partial charge >= 0.3 is 0 Å². The van der Waals surface area contributed by atoms with Crippen LogP contribution in [-0.2, 0) is 18.4 Å². The summed E-state index contributed by atoms with van der Waals surface area (Å²) in [6.45, 7) is 0.226. The summed E-state index contributed by atoms with van der Waals surface area (Å²) in [6.07, 6.45) is 1.57. The molecule has 0 aliphatic carbocycles. The molecule has 1 aromatic heterocycles. The highest BCUT2D eigenvalue weighted by molar-refractivity contribution is 7.80. The second-order valence-electron chi connectivity index (χ2n) is 4.31. The average molecular weight is 305 g/mol. The van der Waals surface area contributed by atoms with Crippen molar-refractivity contribution in [3.63, 3.8) is 0 Å². The summed E-state index contributed by atoms with van der Waals surface area (Å²) in [6, 6.07) is 6.92. The summed E-state index contributed by atoms with van der Waals surface area (Å²) < 4.78 is 7.10. The van der Waals surface area contributed by atoms with Gasteiger partial charge in [-0.15, -0.1) is 10.2 Å². The minimum atomic E-state index is -0.239. The number of benzene rings is 1. The van der Waals surface area contributed by atoms with Crippen molar-refractivity contribution in [1.82, 2.24) is 20.1 Å². The van der Waals surface area contributed by atoms with Crippen molar-refractivity contribution in [3.05, 3.63) is 42.0 Å². The predicted molar refractivity (Wildman–Crippen MR) is 80.7 cm³/mol. The number of thiocarbonyl (C=S) groups is 1. The predicted octanol–water partition coefficient (Wildman–Crippen LogP) is 0.144. The lowest BCUT2D eigenvalue weighted by atomic mass is 10.2. The highest BCUT2D eigenvalue weighted by atomic mass is 32.1. The SMILES string of the molecule is Cn1cnnc1CNC(=O)COc1ccc(C(N)=S)cc1. The zero-order valence-corrected chi connectivity index (χ0v) is 12.3. The smallest absolute Gasteiger partial charge is 0.258 e. The third kappa shape index (κ3) is 4.25. The number of carbonyl (C=O) groups is 1. The zero-order valence-electron chi connectivity index (χ0n) is 11.4. The number of amides is 1. The monoisotopic (exact) mass is 305 g/mol. The van der Waals surface area contributed by atoms with E-state index in [-0.39, 0.29) is 12.5 Å². The first-order chi connectivity index (χ1) is 10.1. The lowest BCUT2D eigenvalue weighted by Gasteiger charge is -2.07. The van der Waals surface area contributed by atoms with Crippen LogP contribution in [0.15, 0.2) is 30.6 Å². The van der Waals surface area contributed by atoms with Crippen LogP contribution < -0.4 is 15.8 Å². The van der Waals surface area contributed by atoms with Crippen molar-refractivity contribution in [2.24, 2.45) is 12.8 Å². The Morgan fingerprint density at radius 1 is 1.43 bits per heavy atom. The molecule has 2 aromatic rings. The van der Waals surface area contributed by atoms with Crippen molar-refractivity contribution in [2.75, 3.05) is 6.61 Å². The molecule has 1 amide bonds. The van der Waals surface area contributed by atoms with E-state index in [1.54, 1.807) is 42.2 Å². The van der Waals surface area contributed by atoms with Gasteiger partial charge in [-0.25, -0.2) is 0 Å². The Morgan fingerprint density at radius 3 is 2.71 bits per heavy atom. The number of aromatic nitrogens is 3. The van der Waals surface area contributed by atoms with Crippen LogP contribution in [0.25, 0.3) is 0 Å². The minimum Gasteiger partial charge on any atom is -0.484 e. The summed E-state index contributed by atoms with van der Waals surface area (Å²) in [5.74, 6) is 1.00. The molecule has 0 fully saturated rings. The van der Waals surface area contributed by atoms with Crippen LogP contribution in [0.2, 0.25) is 0 Å². The molecule has 0 spiro atoms.